The maximum absolute atomic E-state index is 13.3. The molecule has 1 aliphatic heterocycles. The SMILES string of the molecule is O=C1c2ccccc2C(=O)N1Cc1cc(F)ccc1Br. The quantitative estimate of drug-likeness (QED) is 0.790. The van der Waals surface area contributed by atoms with Gasteiger partial charge in [0.15, 0.2) is 0 Å². The average molecular weight is 334 g/mol. The second kappa shape index (κ2) is 4.83. The maximum atomic E-state index is 13.3. The first kappa shape index (κ1) is 13.0. The summed E-state index contributed by atoms with van der Waals surface area (Å²) in [4.78, 5) is 25.5. The Balaban J connectivity index is 1.96. The van der Waals surface area contributed by atoms with Crippen LogP contribution in [-0.4, -0.2) is 16.7 Å². The molecule has 0 atom stereocenters. The Morgan fingerprint density at radius 2 is 1.60 bits per heavy atom. The minimum atomic E-state index is -0.403. The summed E-state index contributed by atoms with van der Waals surface area (Å²) in [7, 11) is 0. The van der Waals surface area contributed by atoms with Crippen LogP contribution in [0.3, 0.4) is 0 Å². The molecular formula is C15H9BrFNO2. The molecule has 1 heterocycles. The lowest BCUT2D eigenvalue weighted by Gasteiger charge is -2.15. The molecule has 3 rings (SSSR count). The summed E-state index contributed by atoms with van der Waals surface area (Å²) in [5, 5.41) is 0. The summed E-state index contributed by atoms with van der Waals surface area (Å²) in [6, 6.07) is 10.9. The Bertz CT molecular complexity index is 695. The van der Waals surface area contributed by atoms with Crippen LogP contribution in [0.2, 0.25) is 0 Å². The fourth-order valence-electron chi connectivity index (χ4n) is 2.22. The Kier molecular flexibility index (Phi) is 3.14. The first-order valence-corrected chi connectivity index (χ1v) is 6.76. The highest BCUT2D eigenvalue weighted by atomic mass is 79.9. The molecule has 0 saturated carbocycles. The third-order valence-electron chi connectivity index (χ3n) is 3.21. The van der Waals surface area contributed by atoms with Crippen molar-refractivity contribution >= 4 is 27.7 Å². The van der Waals surface area contributed by atoms with Gasteiger partial charge in [0.1, 0.15) is 5.82 Å². The first-order chi connectivity index (χ1) is 9.58. The minimum Gasteiger partial charge on any atom is -0.270 e. The van der Waals surface area contributed by atoms with Gasteiger partial charge in [-0.1, -0.05) is 28.1 Å². The van der Waals surface area contributed by atoms with Gasteiger partial charge in [0, 0.05) is 4.47 Å². The Morgan fingerprint density at radius 1 is 1.00 bits per heavy atom. The molecule has 2 aromatic carbocycles. The topological polar surface area (TPSA) is 37.4 Å². The first-order valence-electron chi connectivity index (χ1n) is 5.97. The van der Waals surface area contributed by atoms with Crippen LogP contribution in [0.1, 0.15) is 26.3 Å². The normalized spacial score (nSPS) is 13.8. The summed E-state index contributed by atoms with van der Waals surface area (Å²) in [5.74, 6) is -1.09. The fraction of sp³-hybridized carbons (Fsp3) is 0.0667. The van der Waals surface area contributed by atoms with Crippen LogP contribution >= 0.6 is 15.9 Å². The third kappa shape index (κ3) is 2.04. The lowest BCUT2D eigenvalue weighted by molar-refractivity contribution is 0.0642. The van der Waals surface area contributed by atoms with Gasteiger partial charge in [-0.3, -0.25) is 14.5 Å². The molecule has 0 spiro atoms. The number of carbonyl (C=O) groups is 2. The van der Waals surface area contributed by atoms with Crippen LogP contribution in [0, 0.1) is 5.82 Å². The molecule has 0 unspecified atom stereocenters. The molecule has 0 bridgehead atoms. The molecule has 5 heteroatoms. The lowest BCUT2D eigenvalue weighted by atomic mass is 10.1. The van der Waals surface area contributed by atoms with Gasteiger partial charge in [-0.15, -0.1) is 0 Å². The molecule has 0 N–H and O–H groups in total. The fourth-order valence-corrected chi connectivity index (χ4v) is 2.59. The monoisotopic (exact) mass is 333 g/mol. The van der Waals surface area contributed by atoms with Crippen molar-refractivity contribution in [3.8, 4) is 0 Å². The van der Waals surface area contributed by atoms with Crippen LogP contribution in [0.4, 0.5) is 4.39 Å². The van der Waals surface area contributed by atoms with Crippen molar-refractivity contribution in [2.75, 3.05) is 0 Å². The molecule has 0 radical (unpaired) electrons. The van der Waals surface area contributed by atoms with E-state index >= 15 is 0 Å². The molecule has 0 saturated heterocycles. The molecular weight excluding hydrogens is 325 g/mol. The van der Waals surface area contributed by atoms with E-state index < -0.39 is 5.82 Å². The molecule has 100 valence electrons. The van der Waals surface area contributed by atoms with Crippen molar-refractivity contribution in [1.82, 2.24) is 4.90 Å². The summed E-state index contributed by atoms with van der Waals surface area (Å²) in [5.41, 5.74) is 1.34. The van der Waals surface area contributed by atoms with Crippen LogP contribution in [-0.2, 0) is 6.54 Å². The third-order valence-corrected chi connectivity index (χ3v) is 3.99. The average Bonchev–Trinajstić information content (AvgIpc) is 2.68. The number of rotatable bonds is 2. The van der Waals surface area contributed by atoms with Gasteiger partial charge < -0.3 is 0 Å². The predicted molar refractivity (Wildman–Crippen MR) is 74.7 cm³/mol. The number of halogens is 2. The van der Waals surface area contributed by atoms with Gasteiger partial charge >= 0.3 is 0 Å². The van der Waals surface area contributed by atoms with Gasteiger partial charge in [-0.05, 0) is 35.9 Å². The van der Waals surface area contributed by atoms with Crippen molar-refractivity contribution in [3.63, 3.8) is 0 Å². The van der Waals surface area contributed by atoms with Crippen molar-refractivity contribution < 1.29 is 14.0 Å². The van der Waals surface area contributed by atoms with E-state index in [1.165, 1.54) is 12.1 Å². The van der Waals surface area contributed by atoms with E-state index in [9.17, 15) is 14.0 Å². The number of carbonyl (C=O) groups excluding carboxylic acids is 2. The van der Waals surface area contributed by atoms with E-state index in [1.807, 2.05) is 0 Å². The number of imide groups is 1. The van der Waals surface area contributed by atoms with E-state index in [0.29, 0.717) is 21.2 Å². The maximum Gasteiger partial charge on any atom is 0.261 e. The zero-order valence-electron chi connectivity index (χ0n) is 10.3. The molecule has 0 aromatic heterocycles. The van der Waals surface area contributed by atoms with Crippen LogP contribution in [0.5, 0.6) is 0 Å². The number of hydrogen-bond donors (Lipinski definition) is 0. The van der Waals surface area contributed by atoms with Crippen molar-refractivity contribution in [1.29, 1.82) is 0 Å². The Labute approximate surface area is 123 Å². The molecule has 2 aromatic rings. The number of nitrogens with zero attached hydrogens (tertiary/aromatic N) is 1. The number of benzene rings is 2. The summed E-state index contributed by atoms with van der Waals surface area (Å²) in [6.07, 6.45) is 0. The standard InChI is InChI=1S/C15H9BrFNO2/c16-13-6-5-10(17)7-9(13)8-18-14(19)11-3-1-2-4-12(11)15(18)20/h1-7H,8H2. The molecule has 3 nitrogen and oxygen atoms in total. The summed E-state index contributed by atoms with van der Waals surface area (Å²) in [6.45, 7) is 0.0463. The largest absolute Gasteiger partial charge is 0.270 e. The predicted octanol–water partition coefficient (Wildman–Crippen LogP) is 3.38. The van der Waals surface area contributed by atoms with E-state index in [0.717, 1.165) is 4.90 Å². The highest BCUT2D eigenvalue weighted by Gasteiger charge is 2.35. The van der Waals surface area contributed by atoms with E-state index in [4.69, 9.17) is 0 Å². The van der Waals surface area contributed by atoms with E-state index in [1.54, 1.807) is 30.3 Å². The molecule has 0 aliphatic carbocycles. The second-order valence-electron chi connectivity index (χ2n) is 4.48. The van der Waals surface area contributed by atoms with Crippen molar-refractivity contribution in [3.05, 3.63) is 69.4 Å². The lowest BCUT2D eigenvalue weighted by Crippen LogP contribution is -2.29. The van der Waals surface area contributed by atoms with Gasteiger partial charge in [0.05, 0.1) is 17.7 Å². The van der Waals surface area contributed by atoms with Crippen LogP contribution < -0.4 is 0 Å². The number of hydrogen-bond acceptors (Lipinski definition) is 2. The second-order valence-corrected chi connectivity index (χ2v) is 5.33. The number of amides is 2. The van der Waals surface area contributed by atoms with E-state index in [2.05, 4.69) is 15.9 Å². The minimum absolute atomic E-state index is 0.0463. The Hall–Kier alpha value is -2.01. The molecule has 2 amide bonds. The zero-order chi connectivity index (χ0) is 14.3. The smallest absolute Gasteiger partial charge is 0.261 e. The highest BCUT2D eigenvalue weighted by Crippen LogP contribution is 2.26. The summed E-state index contributed by atoms with van der Waals surface area (Å²) < 4.78 is 13.9. The molecule has 20 heavy (non-hydrogen) atoms. The van der Waals surface area contributed by atoms with Crippen LogP contribution in [0.15, 0.2) is 46.9 Å². The summed E-state index contributed by atoms with van der Waals surface area (Å²) >= 11 is 3.30. The number of fused-ring (bicyclic) bond motifs is 1. The van der Waals surface area contributed by atoms with Gasteiger partial charge in [0.25, 0.3) is 11.8 Å². The van der Waals surface area contributed by atoms with Crippen molar-refractivity contribution in [2.24, 2.45) is 0 Å². The van der Waals surface area contributed by atoms with Gasteiger partial charge in [0.2, 0.25) is 0 Å². The van der Waals surface area contributed by atoms with Crippen molar-refractivity contribution in [2.45, 2.75) is 6.54 Å². The Morgan fingerprint density at radius 3 is 2.20 bits per heavy atom. The molecule has 0 fully saturated rings. The van der Waals surface area contributed by atoms with Crippen LogP contribution in [0.25, 0.3) is 0 Å². The molecule has 1 aliphatic rings. The highest BCUT2D eigenvalue weighted by molar-refractivity contribution is 9.10. The van der Waals surface area contributed by atoms with Gasteiger partial charge in [-0.25, -0.2) is 4.39 Å². The van der Waals surface area contributed by atoms with Gasteiger partial charge in [-0.2, -0.15) is 0 Å². The van der Waals surface area contributed by atoms with E-state index in [-0.39, 0.29) is 18.4 Å². The zero-order valence-corrected chi connectivity index (χ0v) is 11.9.